The molecule has 1 atom stereocenters. The first-order chi connectivity index (χ1) is 10.0. The third-order valence-electron chi connectivity index (χ3n) is 3.20. The van der Waals surface area contributed by atoms with E-state index in [4.69, 9.17) is 4.74 Å². The maximum Gasteiger partial charge on any atom is 0.311 e. The molecule has 21 heavy (non-hydrogen) atoms. The first kappa shape index (κ1) is 15.0. The average Bonchev–Trinajstić information content (AvgIpc) is 2.48. The summed E-state index contributed by atoms with van der Waals surface area (Å²) in [6, 6.07) is 11.8. The molecule has 2 aromatic carbocycles. The fraction of sp³-hybridized carbons (Fsp3) is 0.250. The second-order valence-electron chi connectivity index (χ2n) is 4.79. The number of benzene rings is 2. The Morgan fingerprint density at radius 3 is 2.62 bits per heavy atom. The molecule has 0 spiro atoms. The number of aryl methyl sites for hydroxylation is 1. The molecule has 0 saturated carbocycles. The molecule has 0 aliphatic carbocycles. The van der Waals surface area contributed by atoms with Crippen LogP contribution in [-0.4, -0.2) is 10.0 Å². The molecule has 1 N–H and O–H groups in total. The van der Waals surface area contributed by atoms with Gasteiger partial charge in [-0.05, 0) is 31.0 Å². The van der Waals surface area contributed by atoms with E-state index in [1.165, 1.54) is 6.07 Å². The van der Waals surface area contributed by atoms with Gasteiger partial charge in [0.25, 0.3) is 0 Å². The van der Waals surface area contributed by atoms with Gasteiger partial charge in [-0.3, -0.25) is 10.1 Å². The van der Waals surface area contributed by atoms with E-state index in [9.17, 15) is 15.2 Å². The summed E-state index contributed by atoms with van der Waals surface area (Å²) in [6.07, 6.45) is -0.123. The van der Waals surface area contributed by atoms with Gasteiger partial charge in [-0.1, -0.05) is 31.2 Å². The zero-order chi connectivity index (χ0) is 15.4. The fourth-order valence-electron chi connectivity index (χ4n) is 2.04. The van der Waals surface area contributed by atoms with Crippen LogP contribution in [-0.2, 0) is 0 Å². The van der Waals surface area contributed by atoms with E-state index >= 15 is 0 Å². The van der Waals surface area contributed by atoms with Crippen molar-refractivity contribution in [2.75, 3.05) is 0 Å². The van der Waals surface area contributed by atoms with Crippen molar-refractivity contribution in [3.05, 3.63) is 63.7 Å². The van der Waals surface area contributed by atoms with E-state index in [2.05, 4.69) is 0 Å². The number of aliphatic hydroxyl groups is 1. The van der Waals surface area contributed by atoms with Gasteiger partial charge >= 0.3 is 5.69 Å². The predicted molar refractivity (Wildman–Crippen MR) is 79.6 cm³/mol. The molecule has 2 rings (SSSR count). The van der Waals surface area contributed by atoms with Crippen molar-refractivity contribution in [3.63, 3.8) is 0 Å². The summed E-state index contributed by atoms with van der Waals surface area (Å²) < 4.78 is 5.68. The first-order valence-electron chi connectivity index (χ1n) is 6.72. The zero-order valence-corrected chi connectivity index (χ0v) is 11.9. The van der Waals surface area contributed by atoms with Crippen LogP contribution >= 0.6 is 0 Å². The minimum absolute atomic E-state index is 0.0872. The molecule has 110 valence electrons. The van der Waals surface area contributed by atoms with E-state index in [0.29, 0.717) is 17.7 Å². The third-order valence-corrected chi connectivity index (χ3v) is 3.20. The molecule has 0 unspecified atom stereocenters. The maximum atomic E-state index is 11.1. The van der Waals surface area contributed by atoms with Crippen LogP contribution in [0.1, 0.15) is 30.6 Å². The smallest absolute Gasteiger partial charge is 0.311 e. The summed E-state index contributed by atoms with van der Waals surface area (Å²) in [5.41, 5.74) is 1.32. The van der Waals surface area contributed by atoms with Crippen molar-refractivity contribution >= 4 is 5.69 Å². The third kappa shape index (κ3) is 3.38. The standard InChI is InChI=1S/C16H17NO4/c1-3-14(18)12-6-4-5-7-15(12)21-16-9-8-11(2)10-13(16)17(19)20/h4-10,14,18H,3H2,1-2H3/t14-/m0/s1. The van der Waals surface area contributed by atoms with Crippen LogP contribution < -0.4 is 4.74 Å². The van der Waals surface area contributed by atoms with Gasteiger partial charge in [0.2, 0.25) is 5.75 Å². The van der Waals surface area contributed by atoms with Crippen molar-refractivity contribution < 1.29 is 14.8 Å². The van der Waals surface area contributed by atoms with Gasteiger partial charge in [-0.2, -0.15) is 0 Å². The number of nitrogens with zero attached hydrogens (tertiary/aromatic N) is 1. The Balaban J connectivity index is 2.41. The Morgan fingerprint density at radius 1 is 1.24 bits per heavy atom. The van der Waals surface area contributed by atoms with E-state index in [1.807, 2.05) is 6.92 Å². The molecule has 0 radical (unpaired) electrons. The highest BCUT2D eigenvalue weighted by Crippen LogP contribution is 2.35. The van der Waals surface area contributed by atoms with Gasteiger partial charge < -0.3 is 9.84 Å². The first-order valence-corrected chi connectivity index (χ1v) is 6.72. The molecule has 2 aromatic rings. The Morgan fingerprint density at radius 2 is 1.95 bits per heavy atom. The number of aliphatic hydroxyl groups excluding tert-OH is 1. The highest BCUT2D eigenvalue weighted by Gasteiger charge is 2.18. The summed E-state index contributed by atoms with van der Waals surface area (Å²) in [5.74, 6) is 0.597. The minimum atomic E-state index is -0.661. The molecule has 0 saturated heterocycles. The van der Waals surface area contributed by atoms with Gasteiger partial charge in [0.05, 0.1) is 11.0 Å². The highest BCUT2D eigenvalue weighted by molar-refractivity contribution is 5.51. The SMILES string of the molecule is CC[C@H](O)c1ccccc1Oc1ccc(C)cc1[N+](=O)[O-]. The predicted octanol–water partition coefficient (Wildman–Crippen LogP) is 4.14. The van der Waals surface area contributed by atoms with Crippen LogP contribution in [0.25, 0.3) is 0 Å². The number of para-hydroxylation sites is 1. The van der Waals surface area contributed by atoms with E-state index in [-0.39, 0.29) is 11.4 Å². The van der Waals surface area contributed by atoms with Crippen LogP contribution in [0.4, 0.5) is 5.69 Å². The quantitative estimate of drug-likeness (QED) is 0.662. The van der Waals surface area contributed by atoms with E-state index < -0.39 is 11.0 Å². The van der Waals surface area contributed by atoms with Gasteiger partial charge in [-0.25, -0.2) is 0 Å². The number of ether oxygens (including phenoxy) is 1. The summed E-state index contributed by atoms with van der Waals surface area (Å²) >= 11 is 0. The Hall–Kier alpha value is -2.40. The number of hydrogen-bond acceptors (Lipinski definition) is 4. The van der Waals surface area contributed by atoms with Crippen LogP contribution in [0.2, 0.25) is 0 Å². The molecule has 0 aromatic heterocycles. The van der Waals surface area contributed by atoms with Crippen molar-refractivity contribution in [2.24, 2.45) is 0 Å². The maximum absolute atomic E-state index is 11.1. The number of nitro benzene ring substituents is 1. The zero-order valence-electron chi connectivity index (χ0n) is 11.9. The molecular formula is C16H17NO4. The second-order valence-corrected chi connectivity index (χ2v) is 4.79. The summed E-state index contributed by atoms with van der Waals surface area (Å²) in [4.78, 5) is 10.6. The van der Waals surface area contributed by atoms with Crippen LogP contribution in [0.3, 0.4) is 0 Å². The number of nitro groups is 1. The molecule has 0 amide bonds. The molecular weight excluding hydrogens is 270 g/mol. The normalized spacial score (nSPS) is 12.0. The fourth-order valence-corrected chi connectivity index (χ4v) is 2.04. The van der Waals surface area contributed by atoms with Gasteiger partial charge in [0.1, 0.15) is 5.75 Å². The molecule has 0 fully saturated rings. The lowest BCUT2D eigenvalue weighted by atomic mass is 10.1. The van der Waals surface area contributed by atoms with Crippen LogP contribution in [0.5, 0.6) is 11.5 Å². The number of hydrogen-bond donors (Lipinski definition) is 1. The molecule has 5 nitrogen and oxygen atoms in total. The van der Waals surface area contributed by atoms with Gasteiger partial charge in [0, 0.05) is 11.6 Å². The second kappa shape index (κ2) is 6.37. The molecule has 0 heterocycles. The Labute approximate surface area is 123 Å². The van der Waals surface area contributed by atoms with Crippen molar-refractivity contribution in [2.45, 2.75) is 26.4 Å². The van der Waals surface area contributed by atoms with Gasteiger partial charge in [-0.15, -0.1) is 0 Å². The topological polar surface area (TPSA) is 72.6 Å². The van der Waals surface area contributed by atoms with Crippen LogP contribution in [0, 0.1) is 17.0 Å². The molecule has 0 aliphatic heterocycles. The Kier molecular flexibility index (Phi) is 4.55. The lowest BCUT2D eigenvalue weighted by molar-refractivity contribution is -0.385. The van der Waals surface area contributed by atoms with Crippen molar-refractivity contribution in [1.82, 2.24) is 0 Å². The van der Waals surface area contributed by atoms with Crippen molar-refractivity contribution in [1.29, 1.82) is 0 Å². The van der Waals surface area contributed by atoms with E-state index in [0.717, 1.165) is 5.56 Å². The minimum Gasteiger partial charge on any atom is -0.450 e. The van der Waals surface area contributed by atoms with E-state index in [1.54, 1.807) is 43.3 Å². The summed E-state index contributed by atoms with van der Waals surface area (Å²) in [5, 5.41) is 21.1. The largest absolute Gasteiger partial charge is 0.450 e. The number of rotatable bonds is 5. The lowest BCUT2D eigenvalue weighted by Gasteiger charge is -2.14. The lowest BCUT2D eigenvalue weighted by Crippen LogP contribution is -2.00. The summed E-state index contributed by atoms with van der Waals surface area (Å²) in [6.45, 7) is 3.64. The Bertz CT molecular complexity index is 654. The molecule has 0 aliphatic rings. The highest BCUT2D eigenvalue weighted by atomic mass is 16.6. The monoisotopic (exact) mass is 287 g/mol. The summed E-state index contributed by atoms with van der Waals surface area (Å²) in [7, 11) is 0. The molecule has 0 bridgehead atoms. The van der Waals surface area contributed by atoms with Crippen LogP contribution in [0.15, 0.2) is 42.5 Å². The van der Waals surface area contributed by atoms with Crippen molar-refractivity contribution in [3.8, 4) is 11.5 Å². The molecule has 5 heteroatoms. The average molecular weight is 287 g/mol. The van der Waals surface area contributed by atoms with Gasteiger partial charge in [0.15, 0.2) is 0 Å².